The minimum absolute atomic E-state index is 0.400. The molecule has 0 amide bonds. The van der Waals surface area contributed by atoms with Crippen molar-refractivity contribution < 1.29 is 4.74 Å². The lowest BCUT2D eigenvalue weighted by molar-refractivity contribution is 0.193. The van der Waals surface area contributed by atoms with Crippen molar-refractivity contribution in [3.8, 4) is 11.9 Å². The molecular weight excluding hydrogens is 202 g/mol. The van der Waals surface area contributed by atoms with E-state index in [0.717, 1.165) is 6.54 Å². The number of hydrogen-bond acceptors (Lipinski definition) is 4. The summed E-state index contributed by atoms with van der Waals surface area (Å²) in [7, 11) is 2.11. The van der Waals surface area contributed by atoms with Gasteiger partial charge in [-0.2, -0.15) is 5.26 Å². The molecule has 0 saturated carbocycles. The normalized spacial score (nSPS) is 20.6. The molecule has 1 aromatic rings. The van der Waals surface area contributed by atoms with Gasteiger partial charge in [-0.25, -0.2) is 4.98 Å². The van der Waals surface area contributed by atoms with Gasteiger partial charge in [0.15, 0.2) is 0 Å². The van der Waals surface area contributed by atoms with Crippen molar-refractivity contribution in [2.45, 2.75) is 18.9 Å². The second kappa shape index (κ2) is 4.95. The molecule has 0 radical (unpaired) electrons. The Labute approximate surface area is 95.5 Å². The highest BCUT2D eigenvalue weighted by Crippen LogP contribution is 2.16. The maximum atomic E-state index is 8.71. The van der Waals surface area contributed by atoms with E-state index in [4.69, 9.17) is 10.00 Å². The van der Waals surface area contributed by atoms with Gasteiger partial charge in [-0.1, -0.05) is 6.07 Å². The van der Waals surface area contributed by atoms with Crippen LogP contribution in [-0.2, 0) is 0 Å². The van der Waals surface area contributed by atoms with E-state index >= 15 is 0 Å². The number of ether oxygens (including phenoxy) is 1. The topological polar surface area (TPSA) is 49.1 Å². The van der Waals surface area contributed by atoms with E-state index in [1.165, 1.54) is 12.8 Å². The second-order valence-electron chi connectivity index (χ2n) is 4.06. The van der Waals surface area contributed by atoms with Crippen LogP contribution in [0.2, 0.25) is 0 Å². The molecule has 1 unspecified atom stereocenters. The fourth-order valence-corrected chi connectivity index (χ4v) is 1.93. The molecule has 0 N–H and O–H groups in total. The minimum atomic E-state index is 0.400. The zero-order valence-electron chi connectivity index (χ0n) is 9.39. The molecule has 1 saturated heterocycles. The van der Waals surface area contributed by atoms with Gasteiger partial charge < -0.3 is 9.64 Å². The fourth-order valence-electron chi connectivity index (χ4n) is 1.93. The van der Waals surface area contributed by atoms with Crippen LogP contribution in [0.4, 0.5) is 0 Å². The van der Waals surface area contributed by atoms with Crippen LogP contribution in [0.3, 0.4) is 0 Å². The first-order valence-corrected chi connectivity index (χ1v) is 5.50. The van der Waals surface area contributed by atoms with Gasteiger partial charge in [0.2, 0.25) is 5.88 Å². The molecule has 0 aromatic carbocycles. The Bertz CT molecular complexity index is 399. The highest BCUT2D eigenvalue weighted by molar-refractivity contribution is 5.24. The van der Waals surface area contributed by atoms with Crippen LogP contribution < -0.4 is 4.74 Å². The molecule has 2 heterocycles. The first-order valence-electron chi connectivity index (χ1n) is 5.50. The highest BCUT2D eigenvalue weighted by atomic mass is 16.5. The number of aromatic nitrogens is 1. The maximum absolute atomic E-state index is 8.71. The van der Waals surface area contributed by atoms with Crippen LogP contribution in [0, 0.1) is 11.3 Å². The molecule has 1 atom stereocenters. The Kier molecular flexibility index (Phi) is 3.37. The molecule has 2 rings (SSSR count). The number of rotatable bonds is 3. The lowest BCUT2D eigenvalue weighted by Gasteiger charge is -2.19. The molecule has 84 valence electrons. The zero-order valence-corrected chi connectivity index (χ0v) is 9.39. The van der Waals surface area contributed by atoms with E-state index < -0.39 is 0 Å². The average molecular weight is 217 g/mol. The predicted octanol–water partition coefficient (Wildman–Crippen LogP) is 1.43. The van der Waals surface area contributed by atoms with E-state index in [-0.39, 0.29) is 0 Å². The van der Waals surface area contributed by atoms with E-state index in [9.17, 15) is 0 Å². The van der Waals surface area contributed by atoms with Gasteiger partial charge in [-0.15, -0.1) is 0 Å². The second-order valence-corrected chi connectivity index (χ2v) is 4.06. The third-order valence-electron chi connectivity index (χ3n) is 2.93. The number of pyridine rings is 1. The molecule has 16 heavy (non-hydrogen) atoms. The van der Waals surface area contributed by atoms with Crippen LogP contribution in [0.15, 0.2) is 18.2 Å². The first-order chi connectivity index (χ1) is 7.79. The predicted molar refractivity (Wildman–Crippen MR) is 60.1 cm³/mol. The Hall–Kier alpha value is -1.60. The summed E-state index contributed by atoms with van der Waals surface area (Å²) in [6.07, 6.45) is 2.41. The number of likely N-dealkylation sites (N-methyl/N-ethyl adjacent to an activating group) is 1. The molecular formula is C12H15N3O. The molecule has 1 aliphatic heterocycles. The van der Waals surface area contributed by atoms with Crippen LogP contribution in [-0.4, -0.2) is 36.1 Å². The van der Waals surface area contributed by atoms with Crippen molar-refractivity contribution in [1.82, 2.24) is 9.88 Å². The Morgan fingerprint density at radius 2 is 2.50 bits per heavy atom. The molecule has 1 fully saturated rings. The van der Waals surface area contributed by atoms with E-state index in [1.54, 1.807) is 18.2 Å². The van der Waals surface area contributed by atoms with Crippen LogP contribution >= 0.6 is 0 Å². The highest BCUT2D eigenvalue weighted by Gasteiger charge is 2.21. The third kappa shape index (κ3) is 2.50. The van der Waals surface area contributed by atoms with Gasteiger partial charge in [-0.3, -0.25) is 0 Å². The SMILES string of the molecule is CN1CCCC1COc1cccc(C#N)n1. The number of likely N-dealkylation sites (tertiary alicyclic amines) is 1. The van der Waals surface area contributed by atoms with E-state index in [2.05, 4.69) is 16.9 Å². The Morgan fingerprint density at radius 1 is 1.62 bits per heavy atom. The fraction of sp³-hybridized carbons (Fsp3) is 0.500. The van der Waals surface area contributed by atoms with Crippen LogP contribution in [0.1, 0.15) is 18.5 Å². The monoisotopic (exact) mass is 217 g/mol. The lowest BCUT2D eigenvalue weighted by Crippen LogP contribution is -2.30. The van der Waals surface area contributed by atoms with E-state index in [1.807, 2.05) is 6.07 Å². The van der Waals surface area contributed by atoms with Crippen molar-refractivity contribution >= 4 is 0 Å². The van der Waals surface area contributed by atoms with Gasteiger partial charge in [0.1, 0.15) is 18.4 Å². The van der Waals surface area contributed by atoms with Crippen molar-refractivity contribution in [2.24, 2.45) is 0 Å². The summed E-state index contributed by atoms with van der Waals surface area (Å²) in [5.74, 6) is 0.541. The summed E-state index contributed by atoms with van der Waals surface area (Å²) < 4.78 is 5.60. The lowest BCUT2D eigenvalue weighted by atomic mass is 10.2. The number of nitrogens with zero attached hydrogens (tertiary/aromatic N) is 3. The molecule has 0 bridgehead atoms. The third-order valence-corrected chi connectivity index (χ3v) is 2.93. The van der Waals surface area contributed by atoms with Crippen molar-refractivity contribution in [1.29, 1.82) is 5.26 Å². The number of hydrogen-bond donors (Lipinski definition) is 0. The summed E-state index contributed by atoms with van der Waals surface area (Å²) in [6.45, 7) is 1.79. The molecule has 1 aromatic heterocycles. The molecule has 1 aliphatic rings. The summed E-state index contributed by atoms with van der Waals surface area (Å²) in [5, 5.41) is 8.71. The molecule has 0 aliphatic carbocycles. The van der Waals surface area contributed by atoms with Gasteiger partial charge >= 0.3 is 0 Å². The van der Waals surface area contributed by atoms with Crippen molar-refractivity contribution in [3.63, 3.8) is 0 Å². The Morgan fingerprint density at radius 3 is 3.19 bits per heavy atom. The molecule has 4 heteroatoms. The van der Waals surface area contributed by atoms with Crippen LogP contribution in [0.25, 0.3) is 0 Å². The van der Waals surface area contributed by atoms with Crippen molar-refractivity contribution in [2.75, 3.05) is 20.2 Å². The summed E-state index contributed by atoms with van der Waals surface area (Å²) in [5.41, 5.74) is 0.400. The quantitative estimate of drug-likeness (QED) is 0.768. The molecule has 4 nitrogen and oxygen atoms in total. The summed E-state index contributed by atoms with van der Waals surface area (Å²) in [4.78, 5) is 6.38. The van der Waals surface area contributed by atoms with Gasteiger partial charge in [0.25, 0.3) is 0 Å². The molecule has 0 spiro atoms. The average Bonchev–Trinajstić information content (AvgIpc) is 2.72. The van der Waals surface area contributed by atoms with Gasteiger partial charge in [0.05, 0.1) is 0 Å². The number of nitriles is 1. The summed E-state index contributed by atoms with van der Waals surface area (Å²) in [6, 6.07) is 7.74. The van der Waals surface area contributed by atoms with Gasteiger partial charge in [-0.05, 0) is 32.5 Å². The zero-order chi connectivity index (χ0) is 11.4. The van der Waals surface area contributed by atoms with Gasteiger partial charge in [0, 0.05) is 12.1 Å². The van der Waals surface area contributed by atoms with Crippen molar-refractivity contribution in [3.05, 3.63) is 23.9 Å². The largest absolute Gasteiger partial charge is 0.476 e. The Balaban J connectivity index is 1.92. The first kappa shape index (κ1) is 10.9. The standard InChI is InChI=1S/C12H15N3O/c1-15-7-3-5-11(15)9-16-12-6-2-4-10(8-13)14-12/h2,4,6,11H,3,5,7,9H2,1H3. The van der Waals surface area contributed by atoms with E-state index in [0.29, 0.717) is 24.2 Å². The summed E-state index contributed by atoms with van der Waals surface area (Å²) >= 11 is 0. The maximum Gasteiger partial charge on any atom is 0.214 e. The smallest absolute Gasteiger partial charge is 0.214 e. The van der Waals surface area contributed by atoms with Crippen LogP contribution in [0.5, 0.6) is 5.88 Å². The minimum Gasteiger partial charge on any atom is -0.476 e.